The SMILES string of the molecule is COc1cc(OC)c(/C=N\NC(=O)CSc2nnc(SCc3ccccc3Cl)s2)c(OC)c1. The fourth-order valence-corrected chi connectivity index (χ4v) is 5.66. The summed E-state index contributed by atoms with van der Waals surface area (Å²) in [6.45, 7) is 0. The van der Waals surface area contributed by atoms with Crippen LogP contribution in [0.15, 0.2) is 50.2 Å². The van der Waals surface area contributed by atoms with E-state index in [1.807, 2.05) is 24.3 Å². The van der Waals surface area contributed by atoms with Gasteiger partial charge in [-0.3, -0.25) is 4.79 Å². The molecule has 8 nitrogen and oxygen atoms in total. The molecular weight excluding hydrogens is 504 g/mol. The predicted octanol–water partition coefficient (Wildman–Crippen LogP) is 4.75. The lowest BCUT2D eigenvalue weighted by molar-refractivity contribution is -0.118. The highest BCUT2D eigenvalue weighted by molar-refractivity contribution is 8.03. The maximum Gasteiger partial charge on any atom is 0.250 e. The summed E-state index contributed by atoms with van der Waals surface area (Å²) in [6.07, 6.45) is 1.47. The van der Waals surface area contributed by atoms with Crippen molar-refractivity contribution in [1.82, 2.24) is 15.6 Å². The number of hydrogen-bond donors (Lipinski definition) is 1. The molecule has 1 heterocycles. The lowest BCUT2D eigenvalue weighted by atomic mass is 10.2. The Hall–Kier alpha value is -2.47. The van der Waals surface area contributed by atoms with Gasteiger partial charge in [0.2, 0.25) is 0 Å². The molecule has 3 rings (SSSR count). The molecule has 2 aromatic carbocycles. The van der Waals surface area contributed by atoms with Gasteiger partial charge in [-0.2, -0.15) is 5.10 Å². The second kappa shape index (κ2) is 12.7. The number of carbonyl (C=O) groups excluding carboxylic acids is 1. The van der Waals surface area contributed by atoms with E-state index in [4.69, 9.17) is 25.8 Å². The van der Waals surface area contributed by atoms with E-state index in [0.29, 0.717) is 32.9 Å². The Labute approximate surface area is 209 Å². The van der Waals surface area contributed by atoms with E-state index >= 15 is 0 Å². The highest BCUT2D eigenvalue weighted by atomic mass is 35.5. The summed E-state index contributed by atoms with van der Waals surface area (Å²) in [5, 5.41) is 13.0. The van der Waals surface area contributed by atoms with E-state index < -0.39 is 0 Å². The van der Waals surface area contributed by atoms with Gasteiger partial charge in [0.1, 0.15) is 17.2 Å². The molecule has 0 spiro atoms. The highest BCUT2D eigenvalue weighted by Gasteiger charge is 2.12. The van der Waals surface area contributed by atoms with Gasteiger partial charge in [0.25, 0.3) is 5.91 Å². The molecule has 12 heteroatoms. The maximum atomic E-state index is 12.2. The molecule has 0 aliphatic rings. The molecule has 3 aromatic rings. The molecular formula is C21H21ClN4O4S3. The third kappa shape index (κ3) is 7.26. The van der Waals surface area contributed by atoms with Crippen LogP contribution in [0.5, 0.6) is 17.2 Å². The third-order valence-corrected chi connectivity index (χ3v) is 7.77. The fraction of sp³-hybridized carbons (Fsp3) is 0.238. The molecule has 0 saturated heterocycles. The zero-order valence-corrected chi connectivity index (χ0v) is 21.2. The number of halogens is 1. The van der Waals surface area contributed by atoms with Crippen LogP contribution in [0.4, 0.5) is 0 Å². The Morgan fingerprint density at radius 1 is 1.09 bits per heavy atom. The first-order valence-corrected chi connectivity index (χ1v) is 12.6. The molecule has 0 fully saturated rings. The van der Waals surface area contributed by atoms with Gasteiger partial charge in [-0.05, 0) is 11.6 Å². The van der Waals surface area contributed by atoms with E-state index in [-0.39, 0.29) is 11.7 Å². The molecule has 33 heavy (non-hydrogen) atoms. The minimum absolute atomic E-state index is 0.151. The highest BCUT2D eigenvalue weighted by Crippen LogP contribution is 2.33. The number of thioether (sulfide) groups is 2. The topological polar surface area (TPSA) is 94.9 Å². The normalized spacial score (nSPS) is 10.9. The van der Waals surface area contributed by atoms with Gasteiger partial charge in [0.05, 0.1) is 38.9 Å². The zero-order valence-electron chi connectivity index (χ0n) is 18.0. The number of hydrazone groups is 1. The molecule has 0 unspecified atom stereocenters. The van der Waals surface area contributed by atoms with E-state index in [2.05, 4.69) is 20.7 Å². The van der Waals surface area contributed by atoms with Crippen LogP contribution in [0.25, 0.3) is 0 Å². The second-order valence-corrected chi connectivity index (χ2v) is 10.1. The molecule has 174 valence electrons. The summed E-state index contributed by atoms with van der Waals surface area (Å²) in [4.78, 5) is 12.2. The monoisotopic (exact) mass is 524 g/mol. The van der Waals surface area contributed by atoms with Crippen molar-refractivity contribution in [3.05, 3.63) is 52.5 Å². The van der Waals surface area contributed by atoms with Gasteiger partial charge >= 0.3 is 0 Å². The number of hydrogen-bond acceptors (Lipinski definition) is 10. The minimum Gasteiger partial charge on any atom is -0.496 e. The average molecular weight is 525 g/mol. The van der Waals surface area contributed by atoms with Gasteiger partial charge in [0, 0.05) is 22.9 Å². The Kier molecular flexibility index (Phi) is 9.67. The van der Waals surface area contributed by atoms with Crippen LogP contribution in [0.1, 0.15) is 11.1 Å². The predicted molar refractivity (Wildman–Crippen MR) is 133 cm³/mol. The van der Waals surface area contributed by atoms with Crippen LogP contribution >= 0.6 is 46.5 Å². The molecule has 0 saturated carbocycles. The number of benzene rings is 2. The first-order chi connectivity index (χ1) is 16.0. The second-order valence-electron chi connectivity index (χ2n) is 6.24. The van der Waals surface area contributed by atoms with Gasteiger partial charge in [-0.1, -0.05) is 64.7 Å². The van der Waals surface area contributed by atoms with Crippen molar-refractivity contribution in [1.29, 1.82) is 0 Å². The number of carbonyl (C=O) groups is 1. The van der Waals surface area contributed by atoms with Crippen molar-refractivity contribution in [3.63, 3.8) is 0 Å². The van der Waals surface area contributed by atoms with Crippen LogP contribution in [-0.4, -0.2) is 49.4 Å². The molecule has 1 aromatic heterocycles. The molecule has 0 atom stereocenters. The number of nitrogens with zero attached hydrogens (tertiary/aromatic N) is 3. The molecule has 0 bridgehead atoms. The summed E-state index contributed by atoms with van der Waals surface area (Å²) in [5.74, 6) is 2.18. The lowest BCUT2D eigenvalue weighted by Crippen LogP contribution is -2.19. The standard InChI is InChI=1S/C21H21ClN4O4S3/c1-28-14-8-17(29-2)15(18(9-14)30-3)10-23-24-19(27)12-32-21-26-25-20(33-21)31-11-13-6-4-5-7-16(13)22/h4-10H,11-12H2,1-3H3,(H,24,27)/b23-10-. The smallest absolute Gasteiger partial charge is 0.250 e. The van der Waals surface area contributed by atoms with E-state index in [9.17, 15) is 4.79 Å². The number of methoxy groups -OCH3 is 3. The molecule has 0 aliphatic carbocycles. The zero-order chi connectivity index (χ0) is 23.6. The minimum atomic E-state index is -0.275. The van der Waals surface area contributed by atoms with Crippen LogP contribution in [-0.2, 0) is 10.5 Å². The first-order valence-electron chi connectivity index (χ1n) is 9.48. The Balaban J connectivity index is 1.50. The largest absolute Gasteiger partial charge is 0.496 e. The van der Waals surface area contributed by atoms with Gasteiger partial charge < -0.3 is 14.2 Å². The summed E-state index contributed by atoms with van der Waals surface area (Å²) in [6, 6.07) is 11.1. The number of nitrogens with one attached hydrogen (secondary N) is 1. The summed E-state index contributed by atoms with van der Waals surface area (Å²) in [7, 11) is 4.62. The van der Waals surface area contributed by atoms with E-state index in [1.165, 1.54) is 43.5 Å². The lowest BCUT2D eigenvalue weighted by Gasteiger charge is -2.12. The van der Waals surface area contributed by atoms with Crippen molar-refractivity contribution < 1.29 is 19.0 Å². The van der Waals surface area contributed by atoms with Crippen LogP contribution in [0.3, 0.4) is 0 Å². The molecule has 1 N–H and O–H groups in total. The van der Waals surface area contributed by atoms with Gasteiger partial charge in [-0.15, -0.1) is 10.2 Å². The first kappa shape index (κ1) is 25.2. The summed E-state index contributed by atoms with van der Waals surface area (Å²) in [5.41, 5.74) is 4.12. The Bertz CT molecular complexity index is 1100. The van der Waals surface area contributed by atoms with Crippen molar-refractivity contribution in [2.45, 2.75) is 14.4 Å². The number of amides is 1. The average Bonchev–Trinajstić information content (AvgIpc) is 3.30. The number of rotatable bonds is 11. The summed E-state index contributed by atoms with van der Waals surface area (Å²) < 4.78 is 17.5. The van der Waals surface area contributed by atoms with Crippen molar-refractivity contribution in [3.8, 4) is 17.2 Å². The molecule has 1 amide bonds. The van der Waals surface area contributed by atoms with Gasteiger partial charge in [0.15, 0.2) is 8.68 Å². The molecule has 0 aliphatic heterocycles. The molecule has 0 radical (unpaired) electrons. The van der Waals surface area contributed by atoms with E-state index in [1.54, 1.807) is 31.0 Å². The van der Waals surface area contributed by atoms with E-state index in [0.717, 1.165) is 14.9 Å². The Morgan fingerprint density at radius 3 is 2.39 bits per heavy atom. The number of ether oxygens (including phenoxy) is 3. The number of aromatic nitrogens is 2. The van der Waals surface area contributed by atoms with Crippen LogP contribution in [0.2, 0.25) is 5.02 Å². The van der Waals surface area contributed by atoms with Crippen molar-refractivity contribution in [2.75, 3.05) is 27.1 Å². The van der Waals surface area contributed by atoms with Crippen LogP contribution < -0.4 is 19.6 Å². The quantitative estimate of drug-likeness (QED) is 0.218. The fourth-order valence-electron chi connectivity index (χ4n) is 2.56. The summed E-state index contributed by atoms with van der Waals surface area (Å²) >= 11 is 10.5. The Morgan fingerprint density at radius 2 is 1.76 bits per heavy atom. The maximum absolute atomic E-state index is 12.2. The van der Waals surface area contributed by atoms with Crippen molar-refractivity contribution >= 4 is 58.6 Å². The van der Waals surface area contributed by atoms with Gasteiger partial charge in [-0.25, -0.2) is 5.43 Å². The van der Waals surface area contributed by atoms with Crippen LogP contribution in [0, 0.1) is 0 Å². The third-order valence-electron chi connectivity index (χ3n) is 4.16. The van der Waals surface area contributed by atoms with Crippen molar-refractivity contribution in [2.24, 2.45) is 5.10 Å².